The van der Waals surface area contributed by atoms with Gasteiger partial charge in [0.25, 0.3) is 0 Å². The molecule has 2 saturated heterocycles. The van der Waals surface area contributed by atoms with Crippen molar-refractivity contribution >= 4 is 5.91 Å². The summed E-state index contributed by atoms with van der Waals surface area (Å²) < 4.78 is 45.0. The van der Waals surface area contributed by atoms with E-state index in [4.69, 9.17) is 4.74 Å². The van der Waals surface area contributed by atoms with E-state index in [-0.39, 0.29) is 17.9 Å². The molecule has 5 rings (SSSR count). The Balaban J connectivity index is 1.30. The first-order chi connectivity index (χ1) is 15.3. The van der Waals surface area contributed by atoms with Crippen LogP contribution in [0.4, 0.5) is 13.2 Å². The summed E-state index contributed by atoms with van der Waals surface area (Å²) in [5.41, 5.74) is 0.101. The van der Waals surface area contributed by atoms with Crippen molar-refractivity contribution in [1.29, 1.82) is 0 Å². The molecule has 1 atom stereocenters. The van der Waals surface area contributed by atoms with Crippen LogP contribution < -0.4 is 0 Å². The summed E-state index contributed by atoms with van der Waals surface area (Å²) in [6.45, 7) is 5.15. The van der Waals surface area contributed by atoms with Crippen molar-refractivity contribution in [2.45, 2.75) is 57.7 Å². The molecule has 1 saturated carbocycles. The minimum atomic E-state index is -4.42. The predicted molar refractivity (Wildman–Crippen MR) is 113 cm³/mol. The highest BCUT2D eigenvalue weighted by atomic mass is 19.4. The lowest BCUT2D eigenvalue weighted by molar-refractivity contribution is -0.143. The number of ether oxygens (including phenoxy) is 1. The van der Waals surface area contributed by atoms with Gasteiger partial charge in [-0.15, -0.1) is 0 Å². The van der Waals surface area contributed by atoms with Gasteiger partial charge in [0.2, 0.25) is 5.91 Å². The van der Waals surface area contributed by atoms with E-state index in [1.54, 1.807) is 0 Å². The Morgan fingerprint density at radius 3 is 2.66 bits per heavy atom. The molecule has 4 aliphatic rings. The molecule has 1 amide bonds. The van der Waals surface area contributed by atoms with Crippen molar-refractivity contribution in [1.82, 2.24) is 14.8 Å². The molecule has 32 heavy (non-hydrogen) atoms. The zero-order chi connectivity index (χ0) is 22.3. The van der Waals surface area contributed by atoms with Gasteiger partial charge in [0.1, 0.15) is 0 Å². The summed E-state index contributed by atoms with van der Waals surface area (Å²) in [6, 6.07) is 1.18. The fourth-order valence-corrected chi connectivity index (χ4v) is 5.80. The topological polar surface area (TPSA) is 45.7 Å². The van der Waals surface area contributed by atoms with Crippen molar-refractivity contribution in [3.8, 4) is 0 Å². The largest absolute Gasteiger partial charge is 0.417 e. The monoisotopic (exact) mass is 451 g/mol. The van der Waals surface area contributed by atoms with Gasteiger partial charge in [0.05, 0.1) is 11.0 Å². The summed E-state index contributed by atoms with van der Waals surface area (Å²) in [6.07, 6.45) is 3.33. The Bertz CT molecular complexity index is 851. The maximum atomic E-state index is 13.9. The molecule has 1 unspecified atom stereocenters. The smallest absolute Gasteiger partial charge is 0.381 e. The predicted octanol–water partition coefficient (Wildman–Crippen LogP) is 3.90. The molecule has 5 nitrogen and oxygen atoms in total. The van der Waals surface area contributed by atoms with Crippen molar-refractivity contribution in [3.05, 3.63) is 29.1 Å². The van der Waals surface area contributed by atoms with Gasteiger partial charge in [-0.2, -0.15) is 13.2 Å². The molecule has 0 spiro atoms. The summed E-state index contributed by atoms with van der Waals surface area (Å²) >= 11 is 0. The van der Waals surface area contributed by atoms with Crippen LogP contribution in [0.15, 0.2) is 12.3 Å². The zero-order valence-electron chi connectivity index (χ0n) is 18.5. The third-order valence-electron chi connectivity index (χ3n) is 7.77. The first-order valence-electron chi connectivity index (χ1n) is 12.0. The van der Waals surface area contributed by atoms with Crippen LogP contribution in [0.5, 0.6) is 0 Å². The number of hydrogen-bond acceptors (Lipinski definition) is 4. The van der Waals surface area contributed by atoms with Gasteiger partial charge < -0.3 is 14.5 Å². The second-order valence-corrected chi connectivity index (χ2v) is 10.3. The lowest BCUT2D eigenvalue weighted by Crippen LogP contribution is -2.48. The summed E-state index contributed by atoms with van der Waals surface area (Å²) in [5.74, 6) is 1.39. The van der Waals surface area contributed by atoms with Gasteiger partial charge in [-0.25, -0.2) is 0 Å². The van der Waals surface area contributed by atoms with Gasteiger partial charge >= 0.3 is 6.18 Å². The van der Waals surface area contributed by atoms with E-state index >= 15 is 0 Å². The van der Waals surface area contributed by atoms with Crippen LogP contribution in [0.2, 0.25) is 0 Å². The number of hydrogen-bond donors (Lipinski definition) is 0. The van der Waals surface area contributed by atoms with E-state index in [1.807, 2.05) is 4.90 Å². The highest BCUT2D eigenvalue weighted by Crippen LogP contribution is 2.47. The number of amides is 1. The Morgan fingerprint density at radius 1 is 1.16 bits per heavy atom. The van der Waals surface area contributed by atoms with Gasteiger partial charge in [0, 0.05) is 57.7 Å². The van der Waals surface area contributed by atoms with Crippen molar-refractivity contribution in [2.24, 2.45) is 17.3 Å². The number of fused-ring (bicyclic) bond motifs is 1. The quantitative estimate of drug-likeness (QED) is 0.681. The third-order valence-corrected chi connectivity index (χ3v) is 7.77. The van der Waals surface area contributed by atoms with Gasteiger partial charge in [0.15, 0.2) is 0 Å². The van der Waals surface area contributed by atoms with Crippen LogP contribution in [0.1, 0.15) is 55.3 Å². The Morgan fingerprint density at radius 2 is 1.94 bits per heavy atom. The average molecular weight is 452 g/mol. The van der Waals surface area contributed by atoms with E-state index in [9.17, 15) is 18.0 Å². The van der Waals surface area contributed by atoms with E-state index in [0.29, 0.717) is 36.1 Å². The number of carbonyl (C=O) groups is 1. The van der Waals surface area contributed by atoms with Crippen LogP contribution >= 0.6 is 0 Å². The molecule has 176 valence electrons. The Labute approximate surface area is 187 Å². The Hall–Kier alpha value is -1.67. The summed E-state index contributed by atoms with van der Waals surface area (Å²) in [5, 5.41) is 0. The maximum absolute atomic E-state index is 13.9. The van der Waals surface area contributed by atoms with E-state index in [0.717, 1.165) is 64.7 Å². The number of alkyl halides is 3. The molecular formula is C24H32F3N3O2. The molecule has 0 radical (unpaired) electrons. The van der Waals surface area contributed by atoms with Crippen LogP contribution in [-0.4, -0.2) is 60.1 Å². The third kappa shape index (κ3) is 4.67. The molecule has 0 aromatic carbocycles. The summed E-state index contributed by atoms with van der Waals surface area (Å²) in [7, 11) is 0. The number of carbonyl (C=O) groups excluding carboxylic acids is 1. The minimum Gasteiger partial charge on any atom is -0.381 e. The van der Waals surface area contributed by atoms with E-state index < -0.39 is 11.7 Å². The van der Waals surface area contributed by atoms with Gasteiger partial charge in [-0.3, -0.25) is 9.78 Å². The molecule has 1 aromatic rings. The first-order valence-corrected chi connectivity index (χ1v) is 12.0. The van der Waals surface area contributed by atoms with Gasteiger partial charge in [-0.05, 0) is 55.7 Å². The molecule has 4 heterocycles. The highest BCUT2D eigenvalue weighted by molar-refractivity contribution is 5.83. The maximum Gasteiger partial charge on any atom is 0.417 e. The standard InChI is InChI=1S/C24H32F3N3O2/c25-24(26,27)20-11-19-15-30(7-3-21(19)28-13-20)22(31)23(12-17-1-2-17)6-8-29(16-23)14-18-4-9-32-10-5-18/h11,13,17-18H,1-10,12,14-16H2. The molecule has 3 fully saturated rings. The van der Waals surface area contributed by atoms with Crippen molar-refractivity contribution in [2.75, 3.05) is 39.4 Å². The second kappa shape index (κ2) is 8.60. The number of pyridine rings is 1. The van der Waals surface area contributed by atoms with E-state index in [1.165, 1.54) is 18.9 Å². The highest BCUT2D eigenvalue weighted by Gasteiger charge is 2.49. The molecular weight excluding hydrogens is 419 g/mol. The average Bonchev–Trinajstić information content (AvgIpc) is 3.50. The molecule has 1 aromatic heterocycles. The first kappa shape index (κ1) is 22.1. The molecule has 0 bridgehead atoms. The minimum absolute atomic E-state index is 0.141. The van der Waals surface area contributed by atoms with Crippen molar-refractivity contribution in [3.63, 3.8) is 0 Å². The summed E-state index contributed by atoms with van der Waals surface area (Å²) in [4.78, 5) is 22.2. The normalized spacial score (nSPS) is 27.5. The number of halogens is 3. The zero-order valence-corrected chi connectivity index (χ0v) is 18.5. The van der Waals surface area contributed by atoms with E-state index in [2.05, 4.69) is 9.88 Å². The lowest BCUT2D eigenvalue weighted by Gasteiger charge is -2.37. The number of likely N-dealkylation sites (tertiary alicyclic amines) is 1. The second-order valence-electron chi connectivity index (χ2n) is 10.3. The van der Waals surface area contributed by atoms with Gasteiger partial charge in [-0.1, -0.05) is 12.8 Å². The Kier molecular flexibility index (Phi) is 5.95. The fourth-order valence-electron chi connectivity index (χ4n) is 5.80. The molecule has 0 N–H and O–H groups in total. The molecule has 8 heteroatoms. The van der Waals surface area contributed by atoms with Crippen molar-refractivity contribution < 1.29 is 22.7 Å². The molecule has 1 aliphatic carbocycles. The SMILES string of the molecule is O=C(N1CCc2ncc(C(F)(F)F)cc2C1)C1(CC2CC2)CCN(CC2CCOCC2)C1. The molecule has 3 aliphatic heterocycles. The fraction of sp³-hybridized carbons (Fsp3) is 0.750. The number of rotatable bonds is 5. The van der Waals surface area contributed by atoms with Crippen LogP contribution in [0.25, 0.3) is 0 Å². The lowest BCUT2D eigenvalue weighted by atomic mass is 9.79. The van der Waals surface area contributed by atoms with Crippen LogP contribution in [0, 0.1) is 17.3 Å². The number of nitrogens with zero attached hydrogens (tertiary/aromatic N) is 3. The van der Waals surface area contributed by atoms with Crippen LogP contribution in [0.3, 0.4) is 0 Å². The number of aromatic nitrogens is 1. The van der Waals surface area contributed by atoms with Crippen LogP contribution in [-0.2, 0) is 28.7 Å².